The molecule has 0 atom stereocenters. The number of aryl methyl sites for hydroxylation is 2. The molecule has 0 spiro atoms. The van der Waals surface area contributed by atoms with Gasteiger partial charge in [0.15, 0.2) is 0 Å². The summed E-state index contributed by atoms with van der Waals surface area (Å²) in [5.41, 5.74) is 7.68. The SMILES string of the molecule is CCCc1nc(C)c(C(=O)Nc2cc(OC)ccc2N)s1. The van der Waals surface area contributed by atoms with Crippen LogP contribution in [0.1, 0.15) is 33.7 Å². The number of carbonyl (C=O) groups excluding carboxylic acids is 1. The van der Waals surface area contributed by atoms with Gasteiger partial charge in [0.2, 0.25) is 0 Å². The van der Waals surface area contributed by atoms with Gasteiger partial charge in [-0.25, -0.2) is 4.98 Å². The standard InChI is InChI=1S/C15H19N3O2S/c1-4-5-13-17-9(2)14(21-13)15(19)18-12-8-10(20-3)6-7-11(12)16/h6-8H,4-5,16H2,1-3H3,(H,18,19). The Morgan fingerprint density at radius 3 is 2.90 bits per heavy atom. The van der Waals surface area contributed by atoms with Crippen molar-refractivity contribution in [2.75, 3.05) is 18.2 Å². The fourth-order valence-corrected chi connectivity index (χ4v) is 2.99. The summed E-state index contributed by atoms with van der Waals surface area (Å²) in [5.74, 6) is 0.458. The second-order valence-electron chi connectivity index (χ2n) is 4.68. The molecule has 1 heterocycles. The molecule has 5 nitrogen and oxygen atoms in total. The fraction of sp³-hybridized carbons (Fsp3) is 0.333. The largest absolute Gasteiger partial charge is 0.497 e. The molecule has 1 amide bonds. The maximum Gasteiger partial charge on any atom is 0.267 e. The zero-order chi connectivity index (χ0) is 15.4. The Hall–Kier alpha value is -2.08. The first kappa shape index (κ1) is 15.3. The van der Waals surface area contributed by atoms with E-state index in [0.29, 0.717) is 22.0 Å². The Labute approximate surface area is 128 Å². The van der Waals surface area contributed by atoms with Crippen molar-refractivity contribution in [2.24, 2.45) is 0 Å². The summed E-state index contributed by atoms with van der Waals surface area (Å²) in [5, 5.41) is 3.81. The lowest BCUT2D eigenvalue weighted by Gasteiger charge is -2.09. The summed E-state index contributed by atoms with van der Waals surface area (Å²) in [6.45, 7) is 3.94. The summed E-state index contributed by atoms with van der Waals surface area (Å²) in [7, 11) is 1.57. The number of aromatic nitrogens is 1. The van der Waals surface area contributed by atoms with Crippen molar-refractivity contribution >= 4 is 28.6 Å². The lowest BCUT2D eigenvalue weighted by Crippen LogP contribution is -2.13. The number of rotatable bonds is 5. The van der Waals surface area contributed by atoms with Crippen LogP contribution in [-0.2, 0) is 6.42 Å². The van der Waals surface area contributed by atoms with E-state index in [0.717, 1.165) is 23.5 Å². The average Bonchev–Trinajstić information content (AvgIpc) is 2.82. The predicted molar refractivity (Wildman–Crippen MR) is 86.2 cm³/mol. The molecule has 0 fully saturated rings. The molecule has 6 heteroatoms. The van der Waals surface area contributed by atoms with Crippen molar-refractivity contribution in [3.63, 3.8) is 0 Å². The molecule has 0 unspecified atom stereocenters. The van der Waals surface area contributed by atoms with Gasteiger partial charge in [0, 0.05) is 6.07 Å². The van der Waals surface area contributed by atoms with Crippen LogP contribution in [-0.4, -0.2) is 18.0 Å². The van der Waals surface area contributed by atoms with E-state index in [4.69, 9.17) is 10.5 Å². The number of nitrogens with zero attached hydrogens (tertiary/aromatic N) is 1. The molecule has 0 saturated heterocycles. The van der Waals surface area contributed by atoms with Crippen molar-refractivity contribution in [2.45, 2.75) is 26.7 Å². The average molecular weight is 305 g/mol. The first-order valence-electron chi connectivity index (χ1n) is 6.76. The van der Waals surface area contributed by atoms with E-state index in [1.54, 1.807) is 25.3 Å². The first-order valence-corrected chi connectivity index (χ1v) is 7.58. The quantitative estimate of drug-likeness (QED) is 0.831. The minimum absolute atomic E-state index is 0.188. The van der Waals surface area contributed by atoms with Gasteiger partial charge in [0.05, 0.1) is 29.2 Å². The van der Waals surface area contributed by atoms with Gasteiger partial charge in [-0.1, -0.05) is 6.92 Å². The van der Waals surface area contributed by atoms with Crippen LogP contribution < -0.4 is 15.8 Å². The van der Waals surface area contributed by atoms with Crippen LogP contribution in [0, 0.1) is 6.92 Å². The predicted octanol–water partition coefficient (Wildman–Crippen LogP) is 3.25. The zero-order valence-corrected chi connectivity index (χ0v) is 13.2. The first-order chi connectivity index (χ1) is 10.0. The Balaban J connectivity index is 2.21. The maximum atomic E-state index is 12.4. The number of benzene rings is 1. The molecule has 112 valence electrons. The molecule has 0 aliphatic carbocycles. The molecule has 2 aromatic rings. The molecule has 0 aliphatic rings. The number of carbonyl (C=O) groups is 1. The maximum absolute atomic E-state index is 12.4. The van der Waals surface area contributed by atoms with Gasteiger partial charge in [0.1, 0.15) is 10.6 Å². The van der Waals surface area contributed by atoms with Crippen LogP contribution in [0.25, 0.3) is 0 Å². The number of nitrogen functional groups attached to an aromatic ring is 1. The van der Waals surface area contributed by atoms with Crippen LogP contribution >= 0.6 is 11.3 Å². The van der Waals surface area contributed by atoms with Crippen LogP contribution in [0.5, 0.6) is 5.75 Å². The van der Waals surface area contributed by atoms with Gasteiger partial charge in [-0.05, 0) is 31.9 Å². The molecule has 0 bridgehead atoms. The number of hydrogen-bond acceptors (Lipinski definition) is 5. The summed E-state index contributed by atoms with van der Waals surface area (Å²) in [6.07, 6.45) is 1.90. The summed E-state index contributed by atoms with van der Waals surface area (Å²) < 4.78 is 5.14. The Morgan fingerprint density at radius 2 is 2.24 bits per heavy atom. The van der Waals surface area contributed by atoms with Crippen molar-refractivity contribution in [1.29, 1.82) is 0 Å². The Morgan fingerprint density at radius 1 is 1.48 bits per heavy atom. The third-order valence-corrected chi connectivity index (χ3v) is 4.24. The Bertz CT molecular complexity index is 652. The number of thiazole rings is 1. The highest BCUT2D eigenvalue weighted by Gasteiger charge is 2.16. The molecule has 1 aromatic carbocycles. The Kier molecular flexibility index (Phi) is 4.80. The summed E-state index contributed by atoms with van der Waals surface area (Å²) in [6, 6.07) is 5.16. The summed E-state index contributed by atoms with van der Waals surface area (Å²) in [4.78, 5) is 17.4. The number of methoxy groups -OCH3 is 1. The molecule has 0 aliphatic heterocycles. The minimum Gasteiger partial charge on any atom is -0.497 e. The number of amides is 1. The van der Waals surface area contributed by atoms with Gasteiger partial charge < -0.3 is 15.8 Å². The number of ether oxygens (including phenoxy) is 1. The van der Waals surface area contributed by atoms with E-state index in [1.165, 1.54) is 11.3 Å². The van der Waals surface area contributed by atoms with Crippen molar-refractivity contribution < 1.29 is 9.53 Å². The van der Waals surface area contributed by atoms with Crippen molar-refractivity contribution in [1.82, 2.24) is 4.98 Å². The molecular formula is C15H19N3O2S. The summed E-state index contributed by atoms with van der Waals surface area (Å²) >= 11 is 1.43. The van der Waals surface area contributed by atoms with Gasteiger partial charge in [-0.2, -0.15) is 0 Å². The van der Waals surface area contributed by atoms with E-state index in [1.807, 2.05) is 6.92 Å². The second kappa shape index (κ2) is 6.58. The number of hydrogen-bond donors (Lipinski definition) is 2. The molecule has 0 radical (unpaired) electrons. The van der Waals surface area contributed by atoms with Crippen LogP contribution in [0.4, 0.5) is 11.4 Å². The molecule has 21 heavy (non-hydrogen) atoms. The van der Waals surface area contributed by atoms with E-state index >= 15 is 0 Å². The number of nitrogens with one attached hydrogen (secondary N) is 1. The van der Waals surface area contributed by atoms with Crippen LogP contribution in [0.2, 0.25) is 0 Å². The molecule has 1 aromatic heterocycles. The van der Waals surface area contributed by atoms with Gasteiger partial charge in [0.25, 0.3) is 5.91 Å². The lowest BCUT2D eigenvalue weighted by atomic mass is 10.2. The van der Waals surface area contributed by atoms with Gasteiger partial charge >= 0.3 is 0 Å². The lowest BCUT2D eigenvalue weighted by molar-refractivity contribution is 0.103. The van der Waals surface area contributed by atoms with E-state index in [-0.39, 0.29) is 5.91 Å². The number of anilines is 2. The van der Waals surface area contributed by atoms with E-state index in [9.17, 15) is 4.79 Å². The second-order valence-corrected chi connectivity index (χ2v) is 5.76. The van der Waals surface area contributed by atoms with Gasteiger partial charge in [-0.3, -0.25) is 4.79 Å². The third kappa shape index (κ3) is 3.52. The number of nitrogens with two attached hydrogens (primary N) is 1. The van der Waals surface area contributed by atoms with Crippen LogP contribution in [0.3, 0.4) is 0 Å². The van der Waals surface area contributed by atoms with Gasteiger partial charge in [-0.15, -0.1) is 11.3 Å². The monoisotopic (exact) mass is 305 g/mol. The highest BCUT2D eigenvalue weighted by Crippen LogP contribution is 2.26. The van der Waals surface area contributed by atoms with Crippen molar-refractivity contribution in [3.8, 4) is 5.75 Å². The van der Waals surface area contributed by atoms with Crippen molar-refractivity contribution in [3.05, 3.63) is 33.8 Å². The van der Waals surface area contributed by atoms with E-state index in [2.05, 4.69) is 17.2 Å². The molecule has 0 saturated carbocycles. The highest BCUT2D eigenvalue weighted by atomic mass is 32.1. The third-order valence-electron chi connectivity index (χ3n) is 3.02. The van der Waals surface area contributed by atoms with E-state index < -0.39 is 0 Å². The normalized spacial score (nSPS) is 10.4. The molecule has 2 rings (SSSR count). The van der Waals surface area contributed by atoms with Crippen LogP contribution in [0.15, 0.2) is 18.2 Å². The molecular weight excluding hydrogens is 286 g/mol. The zero-order valence-electron chi connectivity index (χ0n) is 12.4. The topological polar surface area (TPSA) is 77.2 Å². The highest BCUT2D eigenvalue weighted by molar-refractivity contribution is 7.13. The smallest absolute Gasteiger partial charge is 0.267 e. The fourth-order valence-electron chi connectivity index (χ4n) is 1.93. The molecule has 3 N–H and O–H groups in total. The minimum atomic E-state index is -0.188.